The first kappa shape index (κ1) is 52.1. The Morgan fingerprint density at radius 3 is 1.39 bits per heavy atom. The molecule has 11 heteroatoms. The molecule has 2 aromatic rings. The van der Waals surface area contributed by atoms with Gasteiger partial charge in [0.25, 0.3) is 0 Å². The summed E-state index contributed by atoms with van der Waals surface area (Å²) in [7, 11) is 0. The van der Waals surface area contributed by atoms with Gasteiger partial charge in [0.1, 0.15) is 17.8 Å². The van der Waals surface area contributed by atoms with Crippen molar-refractivity contribution in [3.05, 3.63) is 59.7 Å². The molecule has 2 N–H and O–H groups in total. The number of carbonyl (C=O) groups excluding carboxylic acids is 4. The third-order valence-electron chi connectivity index (χ3n) is 11.1. The van der Waals surface area contributed by atoms with Crippen LogP contribution in [0, 0.1) is 0 Å². The number of benzene rings is 2. The molecule has 4 amide bonds. The van der Waals surface area contributed by atoms with E-state index in [9.17, 15) is 19.2 Å². The lowest BCUT2D eigenvalue weighted by Crippen LogP contribution is -2.40. The fraction of sp³-hybridized carbons (Fsp3) is 0.686. The number of alkyl carbamates (subject to hydrolysis) is 1. The maximum atomic E-state index is 13.2. The molecule has 0 saturated carbocycles. The largest absolute Gasteiger partial charge is 0.449 e. The van der Waals surface area contributed by atoms with E-state index in [1.54, 1.807) is 9.80 Å². The van der Waals surface area contributed by atoms with E-state index in [0.717, 1.165) is 24.0 Å². The molecule has 1 aliphatic carbocycles. The highest BCUT2D eigenvalue weighted by Crippen LogP contribution is 2.44. The number of carbonyl (C=O) groups is 4. The van der Waals surface area contributed by atoms with Gasteiger partial charge in [-0.15, -0.1) is 0 Å². The van der Waals surface area contributed by atoms with Crippen molar-refractivity contribution in [2.75, 3.05) is 45.9 Å². The van der Waals surface area contributed by atoms with E-state index in [2.05, 4.69) is 41.8 Å². The summed E-state index contributed by atoms with van der Waals surface area (Å²) in [5, 5.41) is 5.88. The van der Waals surface area contributed by atoms with Crippen LogP contribution in [0.3, 0.4) is 0 Å². The van der Waals surface area contributed by atoms with Gasteiger partial charge in [0, 0.05) is 51.6 Å². The van der Waals surface area contributed by atoms with E-state index in [4.69, 9.17) is 14.2 Å². The predicted molar refractivity (Wildman–Crippen MR) is 250 cm³/mol. The minimum atomic E-state index is -0.662. The second-order valence-electron chi connectivity index (χ2n) is 18.9. The molecule has 0 spiro atoms. The van der Waals surface area contributed by atoms with Crippen molar-refractivity contribution >= 4 is 24.2 Å². The zero-order chi connectivity index (χ0) is 45.2. The molecule has 0 aliphatic heterocycles. The van der Waals surface area contributed by atoms with Crippen LogP contribution in [-0.2, 0) is 19.0 Å². The van der Waals surface area contributed by atoms with Crippen molar-refractivity contribution in [1.29, 1.82) is 0 Å². The van der Waals surface area contributed by atoms with Crippen molar-refractivity contribution < 1.29 is 33.4 Å². The molecule has 62 heavy (non-hydrogen) atoms. The number of rotatable bonds is 29. The summed E-state index contributed by atoms with van der Waals surface area (Å²) >= 11 is 0. The normalized spacial score (nSPS) is 12.3. The van der Waals surface area contributed by atoms with E-state index in [-0.39, 0.29) is 24.5 Å². The number of unbranched alkanes of at least 4 members (excludes halogenated alkanes) is 13. The van der Waals surface area contributed by atoms with Gasteiger partial charge in [-0.05, 0) is 95.9 Å². The van der Waals surface area contributed by atoms with E-state index < -0.39 is 23.4 Å². The maximum Gasteiger partial charge on any atom is 0.410 e. The fourth-order valence-corrected chi connectivity index (χ4v) is 7.85. The van der Waals surface area contributed by atoms with E-state index in [1.807, 2.05) is 65.8 Å². The maximum absolute atomic E-state index is 13.2. The molecular weight excluding hydrogens is 781 g/mol. The van der Waals surface area contributed by atoms with Crippen LogP contribution in [0.15, 0.2) is 48.5 Å². The lowest BCUT2D eigenvalue weighted by Gasteiger charge is -2.29. The lowest BCUT2D eigenvalue weighted by molar-refractivity contribution is -0.121. The van der Waals surface area contributed by atoms with Gasteiger partial charge in [0.05, 0.1) is 0 Å². The van der Waals surface area contributed by atoms with Crippen LogP contribution in [0.2, 0.25) is 0 Å². The summed E-state index contributed by atoms with van der Waals surface area (Å²) in [6, 6.07) is 16.5. The SMILES string of the molecule is CCCCCCCCCCCCCCCC(=O)NCCCN(CCCCN(CCCNC(=O)OCC1c2ccccc2-c2ccccc21)C(=O)OC(C)(C)C)C(=O)OC(C)(C)C. The topological polar surface area (TPSA) is 127 Å². The van der Waals surface area contributed by atoms with Crippen LogP contribution in [-0.4, -0.2) is 91.1 Å². The smallest absolute Gasteiger partial charge is 0.410 e. The molecule has 0 unspecified atom stereocenters. The van der Waals surface area contributed by atoms with Gasteiger partial charge in [0.15, 0.2) is 0 Å². The van der Waals surface area contributed by atoms with Gasteiger partial charge in [-0.1, -0.05) is 133 Å². The molecule has 0 atom stereocenters. The molecule has 3 rings (SSSR count). The van der Waals surface area contributed by atoms with Crippen LogP contribution in [0.1, 0.15) is 181 Å². The zero-order valence-corrected chi connectivity index (χ0v) is 39.6. The van der Waals surface area contributed by atoms with Gasteiger partial charge in [-0.3, -0.25) is 4.79 Å². The second-order valence-corrected chi connectivity index (χ2v) is 18.9. The molecule has 0 radical (unpaired) electrons. The number of fused-ring (bicyclic) bond motifs is 3. The quantitative estimate of drug-likeness (QED) is 0.0616. The summed E-state index contributed by atoms with van der Waals surface area (Å²) < 4.78 is 17.1. The van der Waals surface area contributed by atoms with E-state index in [1.165, 1.54) is 81.8 Å². The molecule has 0 saturated heterocycles. The van der Waals surface area contributed by atoms with Crippen molar-refractivity contribution in [2.24, 2.45) is 0 Å². The van der Waals surface area contributed by atoms with Gasteiger partial charge in [-0.2, -0.15) is 0 Å². The minimum absolute atomic E-state index is 0.0217. The van der Waals surface area contributed by atoms with Crippen LogP contribution in [0.5, 0.6) is 0 Å². The number of nitrogens with zero attached hydrogens (tertiary/aromatic N) is 2. The van der Waals surface area contributed by atoms with Crippen molar-refractivity contribution in [3.8, 4) is 11.1 Å². The molecule has 11 nitrogen and oxygen atoms in total. The molecule has 0 heterocycles. The molecular formula is C51H82N4O7. The van der Waals surface area contributed by atoms with Gasteiger partial charge in [0.2, 0.25) is 5.91 Å². The highest BCUT2D eigenvalue weighted by atomic mass is 16.6. The molecule has 2 aromatic carbocycles. The Hall–Kier alpha value is -4.28. The average Bonchev–Trinajstić information content (AvgIpc) is 3.53. The number of hydrogen-bond acceptors (Lipinski definition) is 7. The first-order valence-corrected chi connectivity index (χ1v) is 24.0. The summed E-state index contributed by atoms with van der Waals surface area (Å²) in [6.07, 6.45) is 18.2. The molecule has 1 aliphatic rings. The Morgan fingerprint density at radius 1 is 0.532 bits per heavy atom. The fourth-order valence-electron chi connectivity index (χ4n) is 7.85. The number of ether oxygens (including phenoxy) is 3. The Kier molecular flexibility index (Phi) is 23.9. The Bertz CT molecular complexity index is 1570. The minimum Gasteiger partial charge on any atom is -0.449 e. The van der Waals surface area contributed by atoms with Gasteiger partial charge < -0.3 is 34.6 Å². The third-order valence-corrected chi connectivity index (χ3v) is 11.1. The van der Waals surface area contributed by atoms with E-state index in [0.29, 0.717) is 71.4 Å². The highest BCUT2D eigenvalue weighted by molar-refractivity contribution is 5.79. The molecule has 0 bridgehead atoms. The number of nitrogens with one attached hydrogen (secondary N) is 2. The zero-order valence-electron chi connectivity index (χ0n) is 39.6. The third kappa shape index (κ3) is 21.2. The summed E-state index contributed by atoms with van der Waals surface area (Å²) in [6.45, 7) is 16.1. The van der Waals surface area contributed by atoms with Crippen molar-refractivity contribution in [3.63, 3.8) is 0 Å². The van der Waals surface area contributed by atoms with Crippen molar-refractivity contribution in [2.45, 2.75) is 181 Å². The van der Waals surface area contributed by atoms with Crippen LogP contribution in [0.25, 0.3) is 11.1 Å². The summed E-state index contributed by atoms with van der Waals surface area (Å²) in [5.74, 6) is 0.0409. The molecule has 0 fully saturated rings. The van der Waals surface area contributed by atoms with Crippen LogP contribution >= 0.6 is 0 Å². The molecule has 0 aromatic heterocycles. The van der Waals surface area contributed by atoms with E-state index >= 15 is 0 Å². The average molecular weight is 863 g/mol. The highest BCUT2D eigenvalue weighted by Gasteiger charge is 2.29. The standard InChI is InChI=1S/C51H82N4O7/c1-8-9-10-11-12-13-14-15-16-17-18-19-20-33-46(56)52-34-27-38-54(48(58)61-50(2,3)4)36-25-26-37-55(49(59)62-51(5,6)7)39-28-35-53-47(57)60-40-45-43-31-23-21-29-41(43)42-30-22-24-32-44(42)45/h21-24,29-32,45H,8-20,25-28,33-40H2,1-7H3,(H,52,56)(H,53,57). The van der Waals surface area contributed by atoms with Gasteiger partial charge in [-0.25, -0.2) is 14.4 Å². The number of amides is 4. The lowest BCUT2D eigenvalue weighted by atomic mass is 9.98. The first-order chi connectivity index (χ1) is 29.7. The first-order valence-electron chi connectivity index (χ1n) is 24.0. The van der Waals surface area contributed by atoms with Crippen LogP contribution in [0.4, 0.5) is 14.4 Å². The summed E-state index contributed by atoms with van der Waals surface area (Å²) in [4.78, 5) is 55.0. The Labute approximate surface area is 374 Å². The van der Waals surface area contributed by atoms with Crippen LogP contribution < -0.4 is 10.6 Å². The van der Waals surface area contributed by atoms with Crippen molar-refractivity contribution in [1.82, 2.24) is 20.4 Å². The number of hydrogen-bond donors (Lipinski definition) is 2. The van der Waals surface area contributed by atoms with Gasteiger partial charge >= 0.3 is 18.3 Å². The monoisotopic (exact) mass is 863 g/mol. The predicted octanol–water partition coefficient (Wildman–Crippen LogP) is 12.2. The Morgan fingerprint density at radius 2 is 0.935 bits per heavy atom. The summed E-state index contributed by atoms with van der Waals surface area (Å²) in [5.41, 5.74) is 3.36. The Balaban J connectivity index is 1.36. The second kappa shape index (κ2) is 28.4. The molecule has 348 valence electrons.